The largest absolute Gasteiger partial charge is 0.497 e. The van der Waals surface area contributed by atoms with Crippen LogP contribution in [0.5, 0.6) is 5.75 Å². The number of sulfonamides is 1. The number of nitrogens with zero attached hydrogens (tertiary/aromatic N) is 2. The van der Waals surface area contributed by atoms with Gasteiger partial charge in [-0.3, -0.25) is 4.79 Å². The normalized spacial score (nSPS) is 17.3. The van der Waals surface area contributed by atoms with Crippen LogP contribution in [-0.2, 0) is 14.8 Å². The maximum Gasteiger partial charge on any atom is 0.243 e. The van der Waals surface area contributed by atoms with Gasteiger partial charge in [-0.05, 0) is 49.2 Å². The van der Waals surface area contributed by atoms with Crippen LogP contribution in [0, 0.1) is 5.92 Å². The summed E-state index contributed by atoms with van der Waals surface area (Å²) in [6.45, 7) is 0.583. The molecule has 0 aliphatic carbocycles. The van der Waals surface area contributed by atoms with Crippen LogP contribution in [0.25, 0.3) is 11.3 Å². The smallest absolute Gasteiger partial charge is 0.243 e. The standard InChI is InChI=1S/C22H23N3O4S2/c1-29-18-11-9-16(10-12-18)20-15-30-22(23-20)24-21(26)17-6-5-13-25(14-17)31(27,28)19-7-3-2-4-8-19/h2-4,7-12,15,17H,5-6,13-14H2,1H3,(H,23,24,26). The number of aromatic nitrogens is 1. The molecule has 1 atom stereocenters. The Kier molecular flexibility index (Phi) is 6.35. The van der Waals surface area contributed by atoms with Crippen LogP contribution in [0.4, 0.5) is 5.13 Å². The lowest BCUT2D eigenvalue weighted by molar-refractivity contribution is -0.120. The lowest BCUT2D eigenvalue weighted by atomic mass is 9.99. The predicted octanol–water partition coefficient (Wildman–Crippen LogP) is 3.86. The number of hydrogen-bond acceptors (Lipinski definition) is 6. The maximum absolute atomic E-state index is 12.9. The van der Waals surface area contributed by atoms with E-state index in [-0.39, 0.29) is 17.3 Å². The van der Waals surface area contributed by atoms with Crippen molar-refractivity contribution >= 4 is 32.4 Å². The Morgan fingerprint density at radius 1 is 1.16 bits per heavy atom. The number of piperidine rings is 1. The molecular weight excluding hydrogens is 434 g/mol. The molecule has 162 valence electrons. The van der Waals surface area contributed by atoms with Gasteiger partial charge >= 0.3 is 0 Å². The van der Waals surface area contributed by atoms with Crippen LogP contribution in [0.1, 0.15) is 12.8 Å². The number of methoxy groups -OCH3 is 1. The Bertz CT molecular complexity index is 1150. The molecule has 2 heterocycles. The van der Waals surface area contributed by atoms with Gasteiger partial charge in [0.15, 0.2) is 5.13 Å². The van der Waals surface area contributed by atoms with E-state index < -0.39 is 15.9 Å². The van der Waals surface area contributed by atoms with E-state index in [1.54, 1.807) is 37.4 Å². The molecule has 3 aromatic rings. The molecule has 1 aliphatic heterocycles. The third kappa shape index (κ3) is 4.79. The van der Waals surface area contributed by atoms with Crippen molar-refractivity contribution in [3.05, 3.63) is 60.0 Å². The highest BCUT2D eigenvalue weighted by Gasteiger charge is 2.33. The zero-order chi connectivity index (χ0) is 21.8. The van der Waals surface area contributed by atoms with Crippen LogP contribution >= 0.6 is 11.3 Å². The average Bonchev–Trinajstić information content (AvgIpc) is 3.28. The topological polar surface area (TPSA) is 88.6 Å². The Morgan fingerprint density at radius 3 is 2.61 bits per heavy atom. The Hall–Kier alpha value is -2.75. The first-order valence-electron chi connectivity index (χ1n) is 9.93. The van der Waals surface area contributed by atoms with E-state index in [1.807, 2.05) is 29.6 Å². The molecule has 2 aromatic carbocycles. The zero-order valence-electron chi connectivity index (χ0n) is 17.0. The average molecular weight is 458 g/mol. The monoisotopic (exact) mass is 457 g/mol. The van der Waals surface area contributed by atoms with Gasteiger partial charge in [-0.25, -0.2) is 13.4 Å². The lowest BCUT2D eigenvalue weighted by Crippen LogP contribution is -2.43. The van der Waals surface area contributed by atoms with Gasteiger partial charge in [0.05, 0.1) is 23.6 Å². The second-order valence-corrected chi connectivity index (χ2v) is 10.1. The minimum Gasteiger partial charge on any atom is -0.497 e. The molecule has 1 amide bonds. The van der Waals surface area contributed by atoms with Crippen molar-refractivity contribution in [3.63, 3.8) is 0 Å². The fraction of sp³-hybridized carbons (Fsp3) is 0.273. The molecule has 1 aliphatic rings. The van der Waals surface area contributed by atoms with E-state index >= 15 is 0 Å². The van der Waals surface area contributed by atoms with Crippen LogP contribution in [0.15, 0.2) is 64.9 Å². The molecule has 0 spiro atoms. The first kappa shape index (κ1) is 21.5. The summed E-state index contributed by atoms with van der Waals surface area (Å²) in [6, 6.07) is 15.9. The minimum atomic E-state index is -3.61. The SMILES string of the molecule is COc1ccc(-c2csc(NC(=O)C3CCCN(S(=O)(=O)c4ccccc4)C3)n2)cc1. The lowest BCUT2D eigenvalue weighted by Gasteiger charge is -2.31. The predicted molar refractivity (Wildman–Crippen MR) is 121 cm³/mol. The number of hydrogen-bond donors (Lipinski definition) is 1. The highest BCUT2D eigenvalue weighted by molar-refractivity contribution is 7.89. The Balaban J connectivity index is 1.42. The molecule has 31 heavy (non-hydrogen) atoms. The number of carbonyl (C=O) groups is 1. The first-order chi connectivity index (χ1) is 15.0. The van der Waals surface area contributed by atoms with Crippen molar-refractivity contribution in [1.82, 2.24) is 9.29 Å². The van der Waals surface area contributed by atoms with Crippen LogP contribution < -0.4 is 10.1 Å². The number of ether oxygens (including phenoxy) is 1. The van der Waals surface area contributed by atoms with Crippen molar-refractivity contribution in [2.75, 3.05) is 25.5 Å². The van der Waals surface area contributed by atoms with Crippen molar-refractivity contribution in [1.29, 1.82) is 0 Å². The van der Waals surface area contributed by atoms with Gasteiger partial charge in [0.25, 0.3) is 0 Å². The van der Waals surface area contributed by atoms with Crippen molar-refractivity contribution in [3.8, 4) is 17.0 Å². The molecule has 9 heteroatoms. The fourth-order valence-corrected chi connectivity index (χ4v) is 5.82. The van der Waals surface area contributed by atoms with Gasteiger partial charge in [-0.15, -0.1) is 11.3 Å². The number of nitrogens with one attached hydrogen (secondary N) is 1. The number of benzene rings is 2. The molecule has 1 aromatic heterocycles. The van der Waals surface area contributed by atoms with E-state index in [1.165, 1.54) is 15.6 Å². The minimum absolute atomic E-state index is 0.166. The molecular formula is C22H23N3O4S2. The zero-order valence-corrected chi connectivity index (χ0v) is 18.7. The fourth-order valence-electron chi connectivity index (χ4n) is 3.55. The second-order valence-electron chi connectivity index (χ2n) is 7.27. The first-order valence-corrected chi connectivity index (χ1v) is 12.3. The van der Waals surface area contributed by atoms with Gasteiger partial charge in [0.1, 0.15) is 5.75 Å². The summed E-state index contributed by atoms with van der Waals surface area (Å²) in [5, 5.41) is 5.24. The van der Waals surface area contributed by atoms with Gasteiger partial charge in [-0.1, -0.05) is 18.2 Å². The quantitative estimate of drug-likeness (QED) is 0.607. The molecule has 1 saturated heterocycles. The number of carbonyl (C=O) groups excluding carboxylic acids is 1. The summed E-state index contributed by atoms with van der Waals surface area (Å²) in [6.07, 6.45) is 1.28. The van der Waals surface area contributed by atoms with E-state index in [0.717, 1.165) is 17.0 Å². The molecule has 4 rings (SSSR count). The summed E-state index contributed by atoms with van der Waals surface area (Å²) in [4.78, 5) is 17.6. The van der Waals surface area contributed by atoms with Crippen molar-refractivity contribution in [2.24, 2.45) is 5.92 Å². The summed E-state index contributed by atoms with van der Waals surface area (Å²) in [5.41, 5.74) is 1.69. The number of thiazole rings is 1. The third-order valence-electron chi connectivity index (χ3n) is 5.26. The van der Waals surface area contributed by atoms with Gasteiger partial charge in [0.2, 0.25) is 15.9 Å². The molecule has 0 radical (unpaired) electrons. The van der Waals surface area contributed by atoms with Crippen LogP contribution in [0.2, 0.25) is 0 Å². The Labute approximate surface area is 185 Å². The molecule has 7 nitrogen and oxygen atoms in total. The second kappa shape index (κ2) is 9.17. The number of rotatable bonds is 6. The summed E-state index contributed by atoms with van der Waals surface area (Å²) < 4.78 is 32.4. The van der Waals surface area contributed by atoms with E-state index in [2.05, 4.69) is 10.3 Å². The summed E-state index contributed by atoms with van der Waals surface area (Å²) in [7, 11) is -1.99. The maximum atomic E-state index is 12.9. The van der Waals surface area contributed by atoms with Gasteiger partial charge < -0.3 is 10.1 Å². The summed E-state index contributed by atoms with van der Waals surface area (Å²) in [5.74, 6) is 0.143. The van der Waals surface area contributed by atoms with Gasteiger partial charge in [0, 0.05) is 24.0 Å². The van der Waals surface area contributed by atoms with Gasteiger partial charge in [-0.2, -0.15) is 4.31 Å². The molecule has 0 bridgehead atoms. The van der Waals surface area contributed by atoms with E-state index in [0.29, 0.717) is 24.5 Å². The molecule has 1 unspecified atom stereocenters. The van der Waals surface area contributed by atoms with Crippen LogP contribution in [0.3, 0.4) is 0 Å². The van der Waals surface area contributed by atoms with E-state index in [4.69, 9.17) is 4.74 Å². The molecule has 1 N–H and O–H groups in total. The Morgan fingerprint density at radius 2 is 1.90 bits per heavy atom. The highest BCUT2D eigenvalue weighted by atomic mass is 32.2. The molecule has 0 saturated carbocycles. The summed E-state index contributed by atoms with van der Waals surface area (Å²) >= 11 is 1.34. The highest BCUT2D eigenvalue weighted by Crippen LogP contribution is 2.28. The third-order valence-corrected chi connectivity index (χ3v) is 7.89. The number of anilines is 1. The van der Waals surface area contributed by atoms with Crippen molar-refractivity contribution in [2.45, 2.75) is 17.7 Å². The number of amides is 1. The van der Waals surface area contributed by atoms with Crippen LogP contribution in [-0.4, -0.2) is 43.8 Å². The van der Waals surface area contributed by atoms with Crippen molar-refractivity contribution < 1.29 is 17.9 Å². The van der Waals surface area contributed by atoms with E-state index in [9.17, 15) is 13.2 Å². The molecule has 1 fully saturated rings.